The van der Waals surface area contributed by atoms with Gasteiger partial charge in [0.05, 0.1) is 4.92 Å². The number of para-hydroxylation sites is 1. The van der Waals surface area contributed by atoms with Crippen molar-refractivity contribution < 1.29 is 9.72 Å². The fraction of sp³-hybridized carbons (Fsp3) is 0. The van der Waals surface area contributed by atoms with E-state index in [-0.39, 0.29) is 10.6 Å². The van der Waals surface area contributed by atoms with E-state index >= 15 is 0 Å². The van der Waals surface area contributed by atoms with Gasteiger partial charge in [-0.05, 0) is 30.3 Å². The lowest BCUT2D eigenvalue weighted by atomic mass is 10.1. The molecule has 2 rings (SSSR count). The Hall–Kier alpha value is -1.82. The molecule has 0 aliphatic rings. The van der Waals surface area contributed by atoms with Gasteiger partial charge < -0.3 is 5.32 Å². The number of nitro benzene ring substituents is 1. The number of carbonyl (C=O) groups is 1. The third-order valence-corrected chi connectivity index (χ3v) is 3.28. The van der Waals surface area contributed by atoms with Crippen LogP contribution in [0, 0.1) is 10.1 Å². The van der Waals surface area contributed by atoms with Crippen LogP contribution in [0.2, 0.25) is 15.1 Å². The van der Waals surface area contributed by atoms with E-state index < -0.39 is 16.5 Å². The molecule has 21 heavy (non-hydrogen) atoms. The maximum atomic E-state index is 12.2. The van der Waals surface area contributed by atoms with Gasteiger partial charge in [0.25, 0.3) is 5.91 Å². The first-order chi connectivity index (χ1) is 9.88. The Labute approximate surface area is 134 Å². The van der Waals surface area contributed by atoms with Crippen molar-refractivity contribution in [1.29, 1.82) is 0 Å². The van der Waals surface area contributed by atoms with Gasteiger partial charge in [-0.1, -0.05) is 40.9 Å². The second-order valence-electron chi connectivity index (χ2n) is 4.01. The average Bonchev–Trinajstić information content (AvgIpc) is 2.36. The summed E-state index contributed by atoms with van der Waals surface area (Å²) in [5.74, 6) is -0.678. The lowest BCUT2D eigenvalue weighted by Gasteiger charge is -2.07. The number of carbonyl (C=O) groups excluding carboxylic acids is 1. The molecule has 108 valence electrons. The first-order valence-corrected chi connectivity index (χ1v) is 6.72. The molecule has 0 saturated carbocycles. The van der Waals surface area contributed by atoms with E-state index in [9.17, 15) is 14.9 Å². The molecule has 0 fully saturated rings. The molecule has 0 heterocycles. The molecule has 0 aliphatic carbocycles. The van der Waals surface area contributed by atoms with Crippen molar-refractivity contribution in [3.63, 3.8) is 0 Å². The molecule has 8 heteroatoms. The quantitative estimate of drug-likeness (QED) is 0.641. The molecule has 1 amide bonds. The summed E-state index contributed by atoms with van der Waals surface area (Å²) in [6.45, 7) is 0. The van der Waals surface area contributed by atoms with Crippen molar-refractivity contribution in [2.24, 2.45) is 0 Å². The molecule has 2 aromatic rings. The fourth-order valence-electron chi connectivity index (χ4n) is 1.71. The molecule has 0 unspecified atom stereocenters. The number of hydrogen-bond acceptors (Lipinski definition) is 3. The summed E-state index contributed by atoms with van der Waals surface area (Å²) in [5, 5.41) is 14.0. The molecule has 2 aromatic carbocycles. The Morgan fingerprint density at radius 3 is 2.29 bits per heavy atom. The normalized spacial score (nSPS) is 10.2. The lowest BCUT2D eigenvalue weighted by Crippen LogP contribution is -2.14. The van der Waals surface area contributed by atoms with E-state index in [0.717, 1.165) is 0 Å². The predicted molar refractivity (Wildman–Crippen MR) is 82.5 cm³/mol. The number of hydrogen-bond donors (Lipinski definition) is 1. The summed E-state index contributed by atoms with van der Waals surface area (Å²) in [4.78, 5) is 22.5. The highest BCUT2D eigenvalue weighted by Crippen LogP contribution is 2.29. The summed E-state index contributed by atoms with van der Waals surface area (Å²) in [6.07, 6.45) is 0. The number of rotatable bonds is 3. The van der Waals surface area contributed by atoms with Crippen LogP contribution in [0.5, 0.6) is 0 Å². The molecule has 0 radical (unpaired) electrons. The first kappa shape index (κ1) is 15.6. The van der Waals surface area contributed by atoms with E-state index in [0.29, 0.717) is 15.7 Å². The van der Waals surface area contributed by atoms with E-state index in [2.05, 4.69) is 5.32 Å². The Kier molecular flexibility index (Phi) is 4.67. The number of benzene rings is 2. The van der Waals surface area contributed by atoms with Crippen LogP contribution >= 0.6 is 34.8 Å². The summed E-state index contributed by atoms with van der Waals surface area (Å²) in [7, 11) is 0. The van der Waals surface area contributed by atoms with Crippen molar-refractivity contribution >= 4 is 52.1 Å². The molecule has 0 aromatic heterocycles. The van der Waals surface area contributed by atoms with Crippen molar-refractivity contribution in [2.75, 3.05) is 5.32 Å². The van der Waals surface area contributed by atoms with Crippen LogP contribution < -0.4 is 5.32 Å². The summed E-state index contributed by atoms with van der Waals surface area (Å²) < 4.78 is 0. The highest BCUT2D eigenvalue weighted by Gasteiger charge is 2.23. The van der Waals surface area contributed by atoms with Crippen LogP contribution in [0.1, 0.15) is 10.4 Å². The molecule has 0 aliphatic heterocycles. The lowest BCUT2D eigenvalue weighted by molar-refractivity contribution is -0.385. The summed E-state index contributed by atoms with van der Waals surface area (Å²) >= 11 is 17.4. The number of nitrogens with zero attached hydrogens (tertiary/aromatic N) is 1. The second-order valence-corrected chi connectivity index (χ2v) is 5.29. The maximum absolute atomic E-state index is 12.2. The molecular formula is C13H7Cl3N2O3. The molecule has 0 atom stereocenters. The third-order valence-electron chi connectivity index (χ3n) is 2.53. The summed E-state index contributed by atoms with van der Waals surface area (Å²) in [5.41, 5.74) is -0.278. The third kappa shape index (κ3) is 3.64. The monoisotopic (exact) mass is 344 g/mol. The largest absolute Gasteiger partial charge is 0.322 e. The van der Waals surface area contributed by atoms with Crippen molar-refractivity contribution in [3.8, 4) is 0 Å². The number of nitrogens with one attached hydrogen (secondary N) is 1. The van der Waals surface area contributed by atoms with Gasteiger partial charge in [-0.2, -0.15) is 0 Å². The zero-order valence-corrected chi connectivity index (χ0v) is 12.5. The van der Waals surface area contributed by atoms with E-state index in [1.54, 1.807) is 0 Å². The molecule has 0 spiro atoms. The first-order valence-electron chi connectivity index (χ1n) is 5.59. The van der Waals surface area contributed by atoms with Gasteiger partial charge in [0.1, 0.15) is 10.6 Å². The van der Waals surface area contributed by atoms with Crippen LogP contribution in [0.4, 0.5) is 11.4 Å². The Balaban J connectivity index is 2.37. The smallest absolute Gasteiger partial charge is 0.300 e. The summed E-state index contributed by atoms with van der Waals surface area (Å²) in [6, 6.07) is 8.55. The molecule has 0 saturated heterocycles. The van der Waals surface area contributed by atoms with Gasteiger partial charge in [0, 0.05) is 15.7 Å². The number of halogens is 3. The van der Waals surface area contributed by atoms with Crippen LogP contribution in [0.3, 0.4) is 0 Å². The van der Waals surface area contributed by atoms with Crippen LogP contribution in [-0.2, 0) is 0 Å². The molecule has 1 N–H and O–H groups in total. The number of nitro groups is 1. The SMILES string of the molecule is O=C(Nc1cc(Cl)cc(Cl)c1)c1cccc(Cl)c1[N+](=O)[O-]. The minimum absolute atomic E-state index is 0.114. The minimum atomic E-state index is -0.706. The zero-order chi connectivity index (χ0) is 15.6. The van der Waals surface area contributed by atoms with Gasteiger partial charge in [-0.3, -0.25) is 14.9 Å². The standard InChI is InChI=1S/C13H7Cl3N2O3/c14-7-4-8(15)6-9(5-7)17-13(19)10-2-1-3-11(16)12(10)18(20)21/h1-6H,(H,17,19). The van der Waals surface area contributed by atoms with Crippen molar-refractivity contribution in [3.05, 3.63) is 67.1 Å². The molecular weight excluding hydrogens is 339 g/mol. The van der Waals surface area contributed by atoms with Gasteiger partial charge >= 0.3 is 5.69 Å². The van der Waals surface area contributed by atoms with E-state index in [1.807, 2.05) is 0 Å². The number of anilines is 1. The van der Waals surface area contributed by atoms with Gasteiger partial charge in [-0.15, -0.1) is 0 Å². The predicted octanol–water partition coefficient (Wildman–Crippen LogP) is 4.81. The minimum Gasteiger partial charge on any atom is -0.322 e. The fourth-order valence-corrected chi connectivity index (χ4v) is 2.48. The van der Waals surface area contributed by atoms with Crippen LogP contribution in [-0.4, -0.2) is 10.8 Å². The number of amides is 1. The molecule has 0 bridgehead atoms. The van der Waals surface area contributed by atoms with Gasteiger partial charge in [0.2, 0.25) is 0 Å². The van der Waals surface area contributed by atoms with Crippen molar-refractivity contribution in [1.82, 2.24) is 0 Å². The Morgan fingerprint density at radius 2 is 1.71 bits per heavy atom. The average molecular weight is 346 g/mol. The Bertz CT molecular complexity index is 714. The van der Waals surface area contributed by atoms with Gasteiger partial charge in [-0.25, -0.2) is 0 Å². The van der Waals surface area contributed by atoms with Gasteiger partial charge in [0.15, 0.2) is 0 Å². The highest BCUT2D eigenvalue weighted by atomic mass is 35.5. The second kappa shape index (κ2) is 6.30. The highest BCUT2D eigenvalue weighted by molar-refractivity contribution is 6.35. The van der Waals surface area contributed by atoms with E-state index in [1.165, 1.54) is 36.4 Å². The van der Waals surface area contributed by atoms with E-state index in [4.69, 9.17) is 34.8 Å². The maximum Gasteiger partial charge on any atom is 0.300 e. The zero-order valence-electron chi connectivity index (χ0n) is 10.3. The molecule has 5 nitrogen and oxygen atoms in total. The van der Waals surface area contributed by atoms with Crippen LogP contribution in [0.15, 0.2) is 36.4 Å². The van der Waals surface area contributed by atoms with Crippen LogP contribution in [0.25, 0.3) is 0 Å². The van der Waals surface area contributed by atoms with Crippen molar-refractivity contribution in [2.45, 2.75) is 0 Å². The Morgan fingerprint density at radius 1 is 1.10 bits per heavy atom. The topological polar surface area (TPSA) is 72.2 Å².